The highest BCUT2D eigenvalue weighted by Gasteiger charge is 2.16. The van der Waals surface area contributed by atoms with Crippen molar-refractivity contribution in [1.82, 2.24) is 25.3 Å². The fourth-order valence-corrected chi connectivity index (χ4v) is 2.58. The predicted molar refractivity (Wildman–Crippen MR) is 104 cm³/mol. The van der Waals surface area contributed by atoms with Crippen molar-refractivity contribution in [3.8, 4) is 11.6 Å². The third-order valence-electron chi connectivity index (χ3n) is 4.02. The maximum atomic E-state index is 12.6. The van der Waals surface area contributed by atoms with E-state index in [-0.39, 0.29) is 23.4 Å². The molecule has 3 rings (SSSR count). The van der Waals surface area contributed by atoms with Gasteiger partial charge in [-0.15, -0.1) is 0 Å². The van der Waals surface area contributed by atoms with E-state index in [4.69, 9.17) is 4.74 Å². The molecule has 2 heterocycles. The molecule has 2 aromatic heterocycles. The number of aromatic amines is 1. The minimum atomic E-state index is -0.518. The van der Waals surface area contributed by atoms with Crippen LogP contribution >= 0.6 is 0 Å². The largest absolute Gasteiger partial charge is 0.462 e. The lowest BCUT2D eigenvalue weighted by molar-refractivity contribution is 0.0526. The zero-order chi connectivity index (χ0) is 20.8. The highest BCUT2D eigenvalue weighted by molar-refractivity contribution is 5.93. The van der Waals surface area contributed by atoms with Gasteiger partial charge in [0.15, 0.2) is 11.6 Å². The quantitative estimate of drug-likeness (QED) is 0.612. The summed E-state index contributed by atoms with van der Waals surface area (Å²) in [6.07, 6.45) is 3.02. The Labute approximate surface area is 166 Å². The minimum Gasteiger partial charge on any atom is -0.462 e. The van der Waals surface area contributed by atoms with Crippen LogP contribution in [0.4, 0.5) is 0 Å². The van der Waals surface area contributed by atoms with Gasteiger partial charge in [-0.2, -0.15) is 0 Å². The van der Waals surface area contributed by atoms with Gasteiger partial charge < -0.3 is 15.0 Å². The molecule has 148 valence electrons. The first-order valence-electron chi connectivity index (χ1n) is 8.94. The van der Waals surface area contributed by atoms with Crippen molar-refractivity contribution in [3.63, 3.8) is 0 Å². The van der Waals surface area contributed by atoms with Gasteiger partial charge in [-0.1, -0.05) is 12.1 Å². The van der Waals surface area contributed by atoms with Gasteiger partial charge in [0, 0.05) is 18.5 Å². The van der Waals surface area contributed by atoms with Gasteiger partial charge in [-0.3, -0.25) is 9.59 Å². The van der Waals surface area contributed by atoms with Crippen molar-refractivity contribution >= 4 is 11.9 Å². The van der Waals surface area contributed by atoms with Crippen LogP contribution in [0.25, 0.3) is 11.6 Å². The van der Waals surface area contributed by atoms with Crippen LogP contribution in [-0.2, 0) is 4.74 Å². The molecule has 0 aliphatic rings. The molecule has 29 heavy (non-hydrogen) atoms. The van der Waals surface area contributed by atoms with Crippen molar-refractivity contribution in [2.75, 3.05) is 6.61 Å². The van der Waals surface area contributed by atoms with Crippen LogP contribution in [0.3, 0.4) is 0 Å². The number of aromatic nitrogens is 4. The van der Waals surface area contributed by atoms with Crippen molar-refractivity contribution in [3.05, 3.63) is 76.0 Å². The molecular weight excluding hydrogens is 374 g/mol. The third-order valence-corrected chi connectivity index (χ3v) is 4.02. The lowest BCUT2D eigenvalue weighted by Crippen LogP contribution is -2.29. The lowest BCUT2D eigenvalue weighted by Gasteiger charge is -2.14. The number of carbonyl (C=O) groups excluding carboxylic acids is 2. The first-order chi connectivity index (χ1) is 14.0. The fourth-order valence-electron chi connectivity index (χ4n) is 2.58. The molecule has 1 aromatic carbocycles. The minimum absolute atomic E-state index is 0.0498. The van der Waals surface area contributed by atoms with Crippen LogP contribution < -0.4 is 10.9 Å². The van der Waals surface area contributed by atoms with E-state index in [1.165, 1.54) is 12.4 Å². The molecule has 0 radical (unpaired) electrons. The first-order valence-corrected chi connectivity index (χ1v) is 8.94. The molecule has 1 unspecified atom stereocenters. The number of rotatable bonds is 6. The molecule has 0 saturated carbocycles. The fraction of sp³-hybridized carbons (Fsp3) is 0.200. The van der Waals surface area contributed by atoms with Crippen LogP contribution in [-0.4, -0.2) is 38.4 Å². The zero-order valence-corrected chi connectivity index (χ0v) is 15.9. The number of hydrogen-bond donors (Lipinski definition) is 2. The Bertz CT molecular complexity index is 1060. The van der Waals surface area contributed by atoms with Gasteiger partial charge in [0.05, 0.1) is 18.2 Å². The van der Waals surface area contributed by atoms with Crippen LogP contribution in [0.15, 0.2) is 53.6 Å². The standard InChI is InChI=1S/C20H19N5O4/c1-3-29-20(28)14-7-5-13(6-8-14)12(2)23-19(27)15-11-16(26)25-18(24-15)17-21-9-4-10-22-17/h4-12H,3H2,1-2H3,(H,23,27)(H,24,25,26). The second kappa shape index (κ2) is 8.87. The lowest BCUT2D eigenvalue weighted by atomic mass is 10.1. The topological polar surface area (TPSA) is 127 Å². The Balaban J connectivity index is 1.75. The van der Waals surface area contributed by atoms with E-state index in [0.717, 1.165) is 11.6 Å². The molecule has 0 fully saturated rings. The molecular formula is C20H19N5O4. The maximum absolute atomic E-state index is 12.6. The van der Waals surface area contributed by atoms with Gasteiger partial charge in [-0.25, -0.2) is 19.7 Å². The SMILES string of the molecule is CCOC(=O)c1ccc(C(C)NC(=O)c2cc(=O)[nH]c(-c3ncccn3)n2)cc1. The summed E-state index contributed by atoms with van der Waals surface area (Å²) in [7, 11) is 0. The molecule has 0 bridgehead atoms. The van der Waals surface area contributed by atoms with Crippen molar-refractivity contribution in [1.29, 1.82) is 0 Å². The average molecular weight is 393 g/mol. The highest BCUT2D eigenvalue weighted by atomic mass is 16.5. The van der Waals surface area contributed by atoms with E-state index >= 15 is 0 Å². The Kier molecular flexibility index (Phi) is 6.08. The Morgan fingerprint density at radius 2 is 1.86 bits per heavy atom. The summed E-state index contributed by atoms with van der Waals surface area (Å²) in [5.41, 5.74) is 0.672. The number of esters is 1. The normalized spacial score (nSPS) is 11.5. The van der Waals surface area contributed by atoms with Crippen molar-refractivity contribution in [2.24, 2.45) is 0 Å². The van der Waals surface area contributed by atoms with E-state index in [2.05, 4.69) is 25.3 Å². The maximum Gasteiger partial charge on any atom is 0.338 e. The number of nitrogens with zero attached hydrogens (tertiary/aromatic N) is 3. The molecule has 9 nitrogen and oxygen atoms in total. The number of amides is 1. The highest BCUT2D eigenvalue weighted by Crippen LogP contribution is 2.15. The molecule has 3 aromatic rings. The summed E-state index contributed by atoms with van der Waals surface area (Å²) in [5, 5.41) is 2.78. The Hall–Kier alpha value is -3.88. The van der Waals surface area contributed by atoms with E-state index in [0.29, 0.717) is 12.2 Å². The van der Waals surface area contributed by atoms with E-state index < -0.39 is 17.4 Å². The molecule has 9 heteroatoms. The van der Waals surface area contributed by atoms with Crippen LogP contribution in [0.2, 0.25) is 0 Å². The number of benzene rings is 1. The zero-order valence-electron chi connectivity index (χ0n) is 15.9. The first kappa shape index (κ1) is 19.9. The van der Waals surface area contributed by atoms with E-state index in [9.17, 15) is 14.4 Å². The number of nitrogens with one attached hydrogen (secondary N) is 2. The monoisotopic (exact) mass is 393 g/mol. The van der Waals surface area contributed by atoms with E-state index in [1.54, 1.807) is 44.2 Å². The molecule has 1 atom stereocenters. The Morgan fingerprint density at radius 1 is 1.17 bits per heavy atom. The van der Waals surface area contributed by atoms with Crippen LogP contribution in [0, 0.1) is 0 Å². The van der Waals surface area contributed by atoms with Crippen LogP contribution in [0.1, 0.15) is 46.3 Å². The average Bonchev–Trinajstić information content (AvgIpc) is 2.74. The van der Waals surface area contributed by atoms with Gasteiger partial charge in [-0.05, 0) is 37.6 Å². The summed E-state index contributed by atoms with van der Waals surface area (Å²) in [4.78, 5) is 50.9. The second-order valence-electron chi connectivity index (χ2n) is 6.09. The summed E-state index contributed by atoms with van der Waals surface area (Å²) < 4.78 is 4.95. The smallest absolute Gasteiger partial charge is 0.338 e. The third kappa shape index (κ3) is 4.89. The second-order valence-corrected chi connectivity index (χ2v) is 6.09. The number of H-pyrrole nitrogens is 1. The molecule has 1 amide bonds. The predicted octanol–water partition coefficient (Wildman–Crippen LogP) is 1.89. The molecule has 0 aliphatic carbocycles. The molecule has 0 aliphatic heterocycles. The van der Waals surface area contributed by atoms with Gasteiger partial charge in [0.2, 0.25) is 0 Å². The number of carbonyl (C=O) groups is 2. The van der Waals surface area contributed by atoms with Crippen LogP contribution in [0.5, 0.6) is 0 Å². The summed E-state index contributed by atoms with van der Waals surface area (Å²) in [6, 6.07) is 9.08. The summed E-state index contributed by atoms with van der Waals surface area (Å²) >= 11 is 0. The number of hydrogen-bond acceptors (Lipinski definition) is 7. The molecule has 0 spiro atoms. The van der Waals surface area contributed by atoms with Gasteiger partial charge >= 0.3 is 5.97 Å². The Morgan fingerprint density at radius 3 is 2.52 bits per heavy atom. The summed E-state index contributed by atoms with van der Waals surface area (Å²) in [5.74, 6) is -0.606. The summed E-state index contributed by atoms with van der Waals surface area (Å²) in [6.45, 7) is 3.82. The molecule has 0 saturated heterocycles. The van der Waals surface area contributed by atoms with Gasteiger partial charge in [0.25, 0.3) is 11.5 Å². The van der Waals surface area contributed by atoms with Gasteiger partial charge in [0.1, 0.15) is 5.69 Å². The number of ether oxygens (including phenoxy) is 1. The van der Waals surface area contributed by atoms with E-state index in [1.807, 2.05) is 0 Å². The van der Waals surface area contributed by atoms with Crippen molar-refractivity contribution in [2.45, 2.75) is 19.9 Å². The molecule has 2 N–H and O–H groups in total. The van der Waals surface area contributed by atoms with Crippen molar-refractivity contribution < 1.29 is 14.3 Å².